The van der Waals surface area contributed by atoms with Crippen molar-refractivity contribution in [3.05, 3.63) is 48.6 Å². The SMILES string of the molecule is C=CCO[C@@H]1O[C@@H](C)[C@@H](O)[C@@H](OC(=O)c2ccccc2)[C@@H]1O. The van der Waals surface area contributed by atoms with Crippen molar-refractivity contribution < 1.29 is 29.2 Å². The summed E-state index contributed by atoms with van der Waals surface area (Å²) in [5.74, 6) is -0.625. The lowest BCUT2D eigenvalue weighted by atomic mass is 9.99. The molecule has 1 aliphatic heterocycles. The molecule has 1 fully saturated rings. The minimum absolute atomic E-state index is 0.171. The molecule has 0 unspecified atom stereocenters. The van der Waals surface area contributed by atoms with Gasteiger partial charge in [0.15, 0.2) is 12.4 Å². The van der Waals surface area contributed by atoms with Crippen molar-refractivity contribution >= 4 is 5.97 Å². The van der Waals surface area contributed by atoms with Crippen LogP contribution in [0.1, 0.15) is 17.3 Å². The molecule has 0 aliphatic carbocycles. The van der Waals surface area contributed by atoms with Crippen molar-refractivity contribution in [3.63, 3.8) is 0 Å². The lowest BCUT2D eigenvalue weighted by Gasteiger charge is -2.40. The first kappa shape index (κ1) is 16.6. The monoisotopic (exact) mass is 308 g/mol. The fourth-order valence-corrected chi connectivity index (χ4v) is 2.20. The molecule has 120 valence electrons. The predicted molar refractivity (Wildman–Crippen MR) is 78.1 cm³/mol. The molecule has 1 saturated heterocycles. The van der Waals surface area contributed by atoms with E-state index in [1.54, 1.807) is 37.3 Å². The average Bonchev–Trinajstić information content (AvgIpc) is 2.54. The number of aliphatic hydroxyl groups excluding tert-OH is 2. The Labute approximate surface area is 128 Å². The molecule has 1 heterocycles. The Kier molecular flexibility index (Phi) is 5.68. The fourth-order valence-electron chi connectivity index (χ4n) is 2.20. The maximum absolute atomic E-state index is 12.1. The Bertz CT molecular complexity index is 503. The number of hydrogen-bond donors (Lipinski definition) is 2. The van der Waals surface area contributed by atoms with Crippen LogP contribution in [0.15, 0.2) is 43.0 Å². The maximum Gasteiger partial charge on any atom is 0.338 e. The van der Waals surface area contributed by atoms with Crippen LogP contribution in [-0.2, 0) is 14.2 Å². The zero-order chi connectivity index (χ0) is 16.1. The molecule has 6 nitrogen and oxygen atoms in total. The van der Waals surface area contributed by atoms with E-state index in [1.807, 2.05) is 0 Å². The van der Waals surface area contributed by atoms with Crippen LogP contribution in [0.3, 0.4) is 0 Å². The van der Waals surface area contributed by atoms with E-state index in [-0.39, 0.29) is 6.61 Å². The van der Waals surface area contributed by atoms with Crippen molar-refractivity contribution in [1.82, 2.24) is 0 Å². The molecular weight excluding hydrogens is 288 g/mol. The lowest BCUT2D eigenvalue weighted by Crippen LogP contribution is -2.58. The molecule has 0 spiro atoms. The summed E-state index contributed by atoms with van der Waals surface area (Å²) in [6.45, 7) is 5.30. The van der Waals surface area contributed by atoms with E-state index in [4.69, 9.17) is 14.2 Å². The van der Waals surface area contributed by atoms with E-state index in [2.05, 4.69) is 6.58 Å². The first-order valence-electron chi connectivity index (χ1n) is 7.04. The van der Waals surface area contributed by atoms with E-state index in [1.165, 1.54) is 6.08 Å². The quantitative estimate of drug-likeness (QED) is 0.620. The van der Waals surface area contributed by atoms with Gasteiger partial charge in [0.25, 0.3) is 0 Å². The third-order valence-corrected chi connectivity index (χ3v) is 3.41. The van der Waals surface area contributed by atoms with Gasteiger partial charge in [0.2, 0.25) is 0 Å². The molecule has 0 radical (unpaired) electrons. The Morgan fingerprint density at radius 2 is 2.00 bits per heavy atom. The van der Waals surface area contributed by atoms with Crippen LogP contribution in [0.4, 0.5) is 0 Å². The molecule has 0 aromatic heterocycles. The van der Waals surface area contributed by atoms with Gasteiger partial charge in [-0.1, -0.05) is 24.3 Å². The van der Waals surface area contributed by atoms with Crippen LogP contribution in [0.25, 0.3) is 0 Å². The van der Waals surface area contributed by atoms with Crippen LogP contribution < -0.4 is 0 Å². The Hall–Kier alpha value is -1.73. The maximum atomic E-state index is 12.1. The standard InChI is InChI=1S/C16H20O6/c1-3-9-20-16-13(18)14(12(17)10(2)21-16)22-15(19)11-7-5-4-6-8-11/h3-8,10,12-14,16-18H,1,9H2,2H3/t10-,12+,13-,14+,16+/m0/s1. The number of ether oxygens (including phenoxy) is 3. The normalized spacial score (nSPS) is 31.5. The fraction of sp³-hybridized carbons (Fsp3) is 0.438. The third kappa shape index (κ3) is 3.72. The van der Waals surface area contributed by atoms with Crippen molar-refractivity contribution in [2.24, 2.45) is 0 Å². The van der Waals surface area contributed by atoms with E-state index in [9.17, 15) is 15.0 Å². The molecule has 0 bridgehead atoms. The van der Waals surface area contributed by atoms with Gasteiger partial charge >= 0.3 is 5.97 Å². The van der Waals surface area contributed by atoms with Crippen molar-refractivity contribution in [1.29, 1.82) is 0 Å². The molecule has 6 heteroatoms. The Morgan fingerprint density at radius 1 is 1.32 bits per heavy atom. The van der Waals surface area contributed by atoms with Gasteiger partial charge in [0.1, 0.15) is 12.2 Å². The second-order valence-electron chi connectivity index (χ2n) is 5.05. The highest BCUT2D eigenvalue weighted by atomic mass is 16.7. The number of carbonyl (C=O) groups excluding carboxylic acids is 1. The largest absolute Gasteiger partial charge is 0.453 e. The van der Waals surface area contributed by atoms with Crippen LogP contribution in [0.2, 0.25) is 0 Å². The summed E-state index contributed by atoms with van der Waals surface area (Å²) in [5, 5.41) is 20.3. The highest BCUT2D eigenvalue weighted by Gasteiger charge is 2.45. The second kappa shape index (κ2) is 7.51. The van der Waals surface area contributed by atoms with Crippen molar-refractivity contribution in [2.75, 3.05) is 6.61 Å². The second-order valence-corrected chi connectivity index (χ2v) is 5.05. The molecule has 1 aromatic carbocycles. The summed E-state index contributed by atoms with van der Waals surface area (Å²) in [5.41, 5.74) is 0.338. The number of benzene rings is 1. The highest BCUT2D eigenvalue weighted by Crippen LogP contribution is 2.25. The Morgan fingerprint density at radius 3 is 2.64 bits per heavy atom. The number of carbonyl (C=O) groups is 1. The summed E-state index contributed by atoms with van der Waals surface area (Å²) in [7, 11) is 0. The van der Waals surface area contributed by atoms with Gasteiger partial charge < -0.3 is 24.4 Å². The summed E-state index contributed by atoms with van der Waals surface area (Å²) in [6.07, 6.45) is -3.70. The molecule has 22 heavy (non-hydrogen) atoms. The number of aliphatic hydroxyl groups is 2. The molecule has 5 atom stereocenters. The number of hydrogen-bond acceptors (Lipinski definition) is 6. The van der Waals surface area contributed by atoms with Crippen LogP contribution >= 0.6 is 0 Å². The van der Waals surface area contributed by atoms with Crippen molar-refractivity contribution in [2.45, 2.75) is 37.6 Å². The van der Waals surface area contributed by atoms with E-state index in [0.717, 1.165) is 0 Å². The van der Waals surface area contributed by atoms with E-state index >= 15 is 0 Å². The van der Waals surface area contributed by atoms with Crippen molar-refractivity contribution in [3.8, 4) is 0 Å². The summed E-state index contributed by atoms with van der Waals surface area (Å²) in [6, 6.07) is 8.36. The average molecular weight is 308 g/mol. The molecular formula is C16H20O6. The number of rotatable bonds is 5. The molecule has 2 N–H and O–H groups in total. The summed E-state index contributed by atoms with van der Waals surface area (Å²) < 4.78 is 15.9. The zero-order valence-corrected chi connectivity index (χ0v) is 12.3. The number of esters is 1. The van der Waals surface area contributed by atoms with Gasteiger partial charge in [0, 0.05) is 0 Å². The first-order valence-corrected chi connectivity index (χ1v) is 7.04. The van der Waals surface area contributed by atoms with Gasteiger partial charge in [-0.3, -0.25) is 0 Å². The Balaban J connectivity index is 2.09. The van der Waals surface area contributed by atoms with E-state index < -0.39 is 36.7 Å². The van der Waals surface area contributed by atoms with Crippen LogP contribution in [0, 0.1) is 0 Å². The summed E-state index contributed by atoms with van der Waals surface area (Å²) >= 11 is 0. The van der Waals surface area contributed by atoms with Gasteiger partial charge in [-0.2, -0.15) is 0 Å². The molecule has 0 saturated carbocycles. The van der Waals surface area contributed by atoms with Gasteiger partial charge in [0.05, 0.1) is 18.3 Å². The van der Waals surface area contributed by atoms with E-state index in [0.29, 0.717) is 5.56 Å². The third-order valence-electron chi connectivity index (χ3n) is 3.41. The van der Waals surface area contributed by atoms with Crippen LogP contribution in [0.5, 0.6) is 0 Å². The minimum Gasteiger partial charge on any atom is -0.453 e. The van der Waals surface area contributed by atoms with Gasteiger partial charge in [-0.25, -0.2) is 4.79 Å². The highest BCUT2D eigenvalue weighted by molar-refractivity contribution is 5.89. The zero-order valence-electron chi connectivity index (χ0n) is 12.3. The molecule has 1 aliphatic rings. The molecule has 1 aromatic rings. The smallest absolute Gasteiger partial charge is 0.338 e. The predicted octanol–water partition coefficient (Wildman–Crippen LogP) is 0.881. The molecule has 2 rings (SSSR count). The van der Waals surface area contributed by atoms with Gasteiger partial charge in [-0.15, -0.1) is 6.58 Å². The minimum atomic E-state index is -1.29. The topological polar surface area (TPSA) is 85.2 Å². The summed E-state index contributed by atoms with van der Waals surface area (Å²) in [4.78, 5) is 12.1. The van der Waals surface area contributed by atoms with Crippen LogP contribution in [-0.4, -0.2) is 53.5 Å². The van der Waals surface area contributed by atoms with Gasteiger partial charge in [-0.05, 0) is 19.1 Å². The lowest BCUT2D eigenvalue weighted by molar-refractivity contribution is -0.289. The first-order chi connectivity index (χ1) is 10.5. The molecule has 0 amide bonds.